The number of alkyl halides is 1. The SMILES string of the molecule is Cc1ccc(CC2CCCC(Br)C2)cc1. The van der Waals surface area contributed by atoms with Crippen molar-refractivity contribution >= 4 is 15.9 Å². The fourth-order valence-electron chi connectivity index (χ4n) is 2.47. The maximum atomic E-state index is 3.75. The van der Waals surface area contributed by atoms with Gasteiger partial charge in [0.05, 0.1) is 0 Å². The van der Waals surface area contributed by atoms with Crippen LogP contribution < -0.4 is 0 Å². The zero-order valence-electron chi connectivity index (χ0n) is 9.38. The van der Waals surface area contributed by atoms with Crippen LogP contribution >= 0.6 is 15.9 Å². The highest BCUT2D eigenvalue weighted by Gasteiger charge is 2.19. The van der Waals surface area contributed by atoms with Crippen LogP contribution in [0, 0.1) is 12.8 Å². The van der Waals surface area contributed by atoms with Crippen molar-refractivity contribution in [2.45, 2.75) is 43.9 Å². The minimum Gasteiger partial charge on any atom is -0.0891 e. The molecule has 2 atom stereocenters. The van der Waals surface area contributed by atoms with Gasteiger partial charge in [-0.1, -0.05) is 58.6 Å². The quantitative estimate of drug-likeness (QED) is 0.692. The third-order valence-corrected chi connectivity index (χ3v) is 4.20. The van der Waals surface area contributed by atoms with Crippen molar-refractivity contribution in [1.29, 1.82) is 0 Å². The van der Waals surface area contributed by atoms with Crippen molar-refractivity contribution in [3.63, 3.8) is 0 Å². The fourth-order valence-corrected chi connectivity index (χ4v) is 3.32. The molecular weight excluding hydrogens is 248 g/mol. The van der Waals surface area contributed by atoms with E-state index in [1.165, 1.54) is 43.2 Å². The lowest BCUT2D eigenvalue weighted by atomic mass is 9.85. The molecule has 0 aliphatic heterocycles. The number of benzene rings is 1. The summed E-state index contributed by atoms with van der Waals surface area (Å²) in [4.78, 5) is 0.765. The van der Waals surface area contributed by atoms with E-state index in [-0.39, 0.29) is 0 Å². The number of rotatable bonds is 2. The summed E-state index contributed by atoms with van der Waals surface area (Å²) >= 11 is 3.75. The van der Waals surface area contributed by atoms with Crippen LogP contribution in [0.25, 0.3) is 0 Å². The topological polar surface area (TPSA) is 0 Å². The van der Waals surface area contributed by atoms with Gasteiger partial charge < -0.3 is 0 Å². The monoisotopic (exact) mass is 266 g/mol. The van der Waals surface area contributed by atoms with Crippen molar-refractivity contribution in [3.8, 4) is 0 Å². The minimum atomic E-state index is 0.765. The first-order valence-corrected chi connectivity index (χ1v) is 6.85. The molecule has 1 heteroatoms. The van der Waals surface area contributed by atoms with Gasteiger partial charge in [-0.25, -0.2) is 0 Å². The molecule has 0 heterocycles. The Labute approximate surface area is 101 Å². The Morgan fingerprint density at radius 1 is 1.20 bits per heavy atom. The first-order valence-electron chi connectivity index (χ1n) is 5.93. The highest BCUT2D eigenvalue weighted by atomic mass is 79.9. The first kappa shape index (κ1) is 11.2. The van der Waals surface area contributed by atoms with Gasteiger partial charge in [0.2, 0.25) is 0 Å². The van der Waals surface area contributed by atoms with Crippen LogP contribution in [0.15, 0.2) is 24.3 Å². The Hall–Kier alpha value is -0.300. The van der Waals surface area contributed by atoms with Crippen molar-refractivity contribution < 1.29 is 0 Å². The lowest BCUT2D eigenvalue weighted by Crippen LogP contribution is -2.16. The summed E-state index contributed by atoms with van der Waals surface area (Å²) < 4.78 is 0. The first-order chi connectivity index (χ1) is 7.24. The van der Waals surface area contributed by atoms with Crippen LogP contribution in [0.5, 0.6) is 0 Å². The van der Waals surface area contributed by atoms with Gasteiger partial charge in [0, 0.05) is 4.83 Å². The number of hydrogen-bond donors (Lipinski definition) is 0. The van der Waals surface area contributed by atoms with Crippen LogP contribution in [0.3, 0.4) is 0 Å². The predicted molar refractivity (Wildman–Crippen MR) is 69.6 cm³/mol. The van der Waals surface area contributed by atoms with E-state index in [1.54, 1.807) is 0 Å². The molecule has 0 bridgehead atoms. The van der Waals surface area contributed by atoms with Gasteiger partial charge in [-0.15, -0.1) is 0 Å². The second-order valence-electron chi connectivity index (χ2n) is 4.82. The van der Waals surface area contributed by atoms with E-state index >= 15 is 0 Å². The average Bonchev–Trinajstić information content (AvgIpc) is 2.22. The number of halogens is 1. The molecule has 1 fully saturated rings. The van der Waals surface area contributed by atoms with Gasteiger partial charge in [-0.05, 0) is 37.7 Å². The van der Waals surface area contributed by atoms with Crippen molar-refractivity contribution in [1.82, 2.24) is 0 Å². The van der Waals surface area contributed by atoms with E-state index in [1.807, 2.05) is 0 Å². The number of hydrogen-bond acceptors (Lipinski definition) is 0. The summed E-state index contributed by atoms with van der Waals surface area (Å²) in [6, 6.07) is 9.02. The molecule has 1 aromatic carbocycles. The zero-order chi connectivity index (χ0) is 10.7. The molecule has 0 N–H and O–H groups in total. The van der Waals surface area contributed by atoms with Gasteiger partial charge in [0.25, 0.3) is 0 Å². The maximum Gasteiger partial charge on any atom is 0.0148 e. The summed E-state index contributed by atoms with van der Waals surface area (Å²) in [7, 11) is 0. The van der Waals surface area contributed by atoms with Gasteiger partial charge in [-0.2, -0.15) is 0 Å². The lowest BCUT2D eigenvalue weighted by molar-refractivity contribution is 0.368. The molecule has 1 aromatic rings. The Bertz CT molecular complexity index is 302. The van der Waals surface area contributed by atoms with Crippen LogP contribution in [0.2, 0.25) is 0 Å². The maximum absolute atomic E-state index is 3.75. The summed E-state index contributed by atoms with van der Waals surface area (Å²) in [5.41, 5.74) is 2.87. The van der Waals surface area contributed by atoms with Gasteiger partial charge in [0.15, 0.2) is 0 Å². The van der Waals surface area contributed by atoms with Gasteiger partial charge >= 0.3 is 0 Å². The molecule has 1 saturated carbocycles. The standard InChI is InChI=1S/C14H19Br/c1-11-5-7-12(8-6-11)9-13-3-2-4-14(15)10-13/h5-8,13-14H,2-4,9-10H2,1H3. The molecule has 15 heavy (non-hydrogen) atoms. The number of aryl methyl sites for hydroxylation is 1. The summed E-state index contributed by atoms with van der Waals surface area (Å²) in [5.74, 6) is 0.894. The Kier molecular flexibility index (Phi) is 3.85. The van der Waals surface area contributed by atoms with Crippen molar-refractivity contribution in [3.05, 3.63) is 35.4 Å². The highest BCUT2D eigenvalue weighted by molar-refractivity contribution is 9.09. The molecule has 0 aromatic heterocycles. The fraction of sp³-hybridized carbons (Fsp3) is 0.571. The molecule has 0 saturated heterocycles. The van der Waals surface area contributed by atoms with Crippen LogP contribution in [-0.2, 0) is 6.42 Å². The van der Waals surface area contributed by atoms with E-state index < -0.39 is 0 Å². The Morgan fingerprint density at radius 3 is 2.60 bits per heavy atom. The highest BCUT2D eigenvalue weighted by Crippen LogP contribution is 2.31. The summed E-state index contributed by atoms with van der Waals surface area (Å²) in [6.07, 6.45) is 6.79. The van der Waals surface area contributed by atoms with E-state index in [4.69, 9.17) is 0 Å². The Balaban J connectivity index is 1.93. The molecule has 0 nitrogen and oxygen atoms in total. The van der Waals surface area contributed by atoms with E-state index in [0.717, 1.165) is 10.7 Å². The Morgan fingerprint density at radius 2 is 1.93 bits per heavy atom. The molecule has 1 aliphatic carbocycles. The molecule has 2 rings (SSSR count). The minimum absolute atomic E-state index is 0.765. The van der Waals surface area contributed by atoms with Gasteiger partial charge in [0.1, 0.15) is 0 Å². The van der Waals surface area contributed by atoms with Crippen molar-refractivity contribution in [2.75, 3.05) is 0 Å². The van der Waals surface area contributed by atoms with E-state index in [2.05, 4.69) is 47.1 Å². The molecule has 0 radical (unpaired) electrons. The zero-order valence-corrected chi connectivity index (χ0v) is 11.0. The second kappa shape index (κ2) is 5.16. The molecule has 1 aliphatic rings. The second-order valence-corrected chi connectivity index (χ2v) is 6.11. The third-order valence-electron chi connectivity index (χ3n) is 3.36. The normalized spacial score (nSPS) is 26.5. The largest absolute Gasteiger partial charge is 0.0891 e. The molecular formula is C14H19Br. The summed E-state index contributed by atoms with van der Waals surface area (Å²) in [6.45, 7) is 2.15. The van der Waals surface area contributed by atoms with E-state index in [0.29, 0.717) is 0 Å². The lowest BCUT2D eigenvalue weighted by Gasteiger charge is -2.25. The molecule has 82 valence electrons. The van der Waals surface area contributed by atoms with Gasteiger partial charge in [-0.3, -0.25) is 0 Å². The third kappa shape index (κ3) is 3.34. The molecule has 0 spiro atoms. The molecule has 2 unspecified atom stereocenters. The predicted octanol–water partition coefficient (Wildman–Crippen LogP) is 4.49. The average molecular weight is 267 g/mol. The van der Waals surface area contributed by atoms with Crippen LogP contribution in [0.4, 0.5) is 0 Å². The molecule has 0 amide bonds. The van der Waals surface area contributed by atoms with Crippen LogP contribution in [0.1, 0.15) is 36.8 Å². The van der Waals surface area contributed by atoms with Crippen molar-refractivity contribution in [2.24, 2.45) is 5.92 Å². The summed E-state index contributed by atoms with van der Waals surface area (Å²) in [5, 5.41) is 0. The smallest absolute Gasteiger partial charge is 0.0148 e. The van der Waals surface area contributed by atoms with E-state index in [9.17, 15) is 0 Å². The van der Waals surface area contributed by atoms with Crippen LogP contribution in [-0.4, -0.2) is 4.83 Å².